The molecule has 0 radical (unpaired) electrons. The minimum atomic E-state index is -4.34. The highest BCUT2D eigenvalue weighted by Gasteiger charge is 2.33. The van der Waals surface area contributed by atoms with Gasteiger partial charge in [-0.3, -0.25) is 0 Å². The van der Waals surface area contributed by atoms with E-state index in [2.05, 4.69) is 0 Å². The fourth-order valence-electron chi connectivity index (χ4n) is 1.40. The van der Waals surface area contributed by atoms with Crippen LogP contribution < -0.4 is 4.74 Å². The monoisotopic (exact) mass is 232 g/mol. The Morgan fingerprint density at radius 2 is 2.00 bits per heavy atom. The van der Waals surface area contributed by atoms with Crippen molar-refractivity contribution in [3.63, 3.8) is 0 Å². The number of rotatable bonds is 1. The van der Waals surface area contributed by atoms with Crippen molar-refractivity contribution < 1.29 is 17.9 Å². The van der Waals surface area contributed by atoms with Gasteiger partial charge in [0.05, 0.1) is 12.7 Å². The lowest BCUT2D eigenvalue weighted by atomic mass is 10.1. The molecule has 80 valence electrons. The van der Waals surface area contributed by atoms with Crippen molar-refractivity contribution >= 4 is 21.4 Å². The molecule has 0 atom stereocenters. The van der Waals surface area contributed by atoms with E-state index < -0.39 is 11.7 Å². The third-order valence-corrected chi connectivity index (χ3v) is 2.95. The van der Waals surface area contributed by atoms with Crippen molar-refractivity contribution in [3.8, 4) is 5.75 Å². The molecular weight excluding hydrogens is 225 g/mol. The molecule has 0 unspecified atom stereocenters. The van der Waals surface area contributed by atoms with Crippen LogP contribution in [0, 0.1) is 0 Å². The van der Waals surface area contributed by atoms with Crippen LogP contribution in [0.5, 0.6) is 5.75 Å². The largest absolute Gasteiger partial charge is 0.497 e. The lowest BCUT2D eigenvalue weighted by molar-refractivity contribution is -0.136. The molecule has 0 aliphatic carbocycles. The predicted molar refractivity (Wildman–Crippen MR) is 53.4 cm³/mol. The third kappa shape index (κ3) is 1.79. The van der Waals surface area contributed by atoms with Crippen LogP contribution in [-0.2, 0) is 6.18 Å². The Morgan fingerprint density at radius 3 is 2.60 bits per heavy atom. The van der Waals surface area contributed by atoms with Gasteiger partial charge in [0.2, 0.25) is 0 Å². The maximum absolute atomic E-state index is 12.7. The summed E-state index contributed by atoms with van der Waals surface area (Å²) >= 11 is 1.27. The van der Waals surface area contributed by atoms with Gasteiger partial charge in [-0.2, -0.15) is 13.2 Å². The van der Waals surface area contributed by atoms with Gasteiger partial charge in [0, 0.05) is 10.1 Å². The Hall–Kier alpha value is -1.23. The molecule has 15 heavy (non-hydrogen) atoms. The van der Waals surface area contributed by atoms with Gasteiger partial charge in [-0.25, -0.2) is 0 Å². The summed E-state index contributed by atoms with van der Waals surface area (Å²) in [5.41, 5.74) is -0.641. The molecule has 0 fully saturated rings. The summed E-state index contributed by atoms with van der Waals surface area (Å²) in [4.78, 5) is 0. The van der Waals surface area contributed by atoms with Gasteiger partial charge >= 0.3 is 6.18 Å². The molecule has 0 spiro atoms. The molecule has 0 amide bonds. The summed E-state index contributed by atoms with van der Waals surface area (Å²) in [6.45, 7) is 0. The number of hydrogen-bond acceptors (Lipinski definition) is 2. The van der Waals surface area contributed by atoms with Gasteiger partial charge in [0.1, 0.15) is 5.75 Å². The molecule has 0 aliphatic rings. The van der Waals surface area contributed by atoms with E-state index in [4.69, 9.17) is 4.74 Å². The van der Waals surface area contributed by atoms with E-state index in [9.17, 15) is 13.2 Å². The van der Waals surface area contributed by atoms with Gasteiger partial charge in [0.15, 0.2) is 0 Å². The number of benzene rings is 1. The maximum atomic E-state index is 12.7. The topological polar surface area (TPSA) is 9.23 Å². The van der Waals surface area contributed by atoms with Crippen LogP contribution in [0.3, 0.4) is 0 Å². The van der Waals surface area contributed by atoms with E-state index in [0.717, 1.165) is 6.07 Å². The van der Waals surface area contributed by atoms with Crippen LogP contribution in [0.1, 0.15) is 5.56 Å². The lowest BCUT2D eigenvalue weighted by Crippen LogP contribution is -2.05. The highest BCUT2D eigenvalue weighted by molar-refractivity contribution is 7.17. The quantitative estimate of drug-likeness (QED) is 0.723. The maximum Gasteiger partial charge on any atom is 0.417 e. The Kier molecular flexibility index (Phi) is 2.34. The van der Waals surface area contributed by atoms with Gasteiger partial charge in [-0.05, 0) is 23.6 Å². The summed E-state index contributed by atoms with van der Waals surface area (Å²) in [7, 11) is 1.36. The smallest absolute Gasteiger partial charge is 0.417 e. The standard InChI is InChI=1S/C10H7F3OS/c1-14-6-4-8(10(11,12)13)7-2-3-15-9(7)5-6/h2-5H,1H3. The Bertz CT molecular complexity index is 487. The molecule has 0 bridgehead atoms. The van der Waals surface area contributed by atoms with Crippen LogP contribution in [-0.4, -0.2) is 7.11 Å². The Labute approximate surface area is 88.1 Å². The van der Waals surface area contributed by atoms with Crippen LogP contribution in [0.25, 0.3) is 10.1 Å². The van der Waals surface area contributed by atoms with E-state index in [1.165, 1.54) is 24.5 Å². The van der Waals surface area contributed by atoms with Crippen molar-refractivity contribution in [1.29, 1.82) is 0 Å². The SMILES string of the molecule is COc1cc(C(F)(F)F)c2ccsc2c1. The molecule has 1 aromatic carbocycles. The number of halogens is 3. The van der Waals surface area contributed by atoms with Crippen molar-refractivity contribution in [1.82, 2.24) is 0 Å². The third-order valence-electron chi connectivity index (χ3n) is 2.09. The van der Waals surface area contributed by atoms with E-state index in [1.807, 2.05) is 0 Å². The van der Waals surface area contributed by atoms with Crippen molar-refractivity contribution in [2.24, 2.45) is 0 Å². The first-order chi connectivity index (χ1) is 7.02. The summed E-state index contributed by atoms with van der Waals surface area (Å²) in [5, 5.41) is 1.87. The first kappa shape index (κ1) is 10.3. The van der Waals surface area contributed by atoms with E-state index in [-0.39, 0.29) is 11.1 Å². The second-order valence-electron chi connectivity index (χ2n) is 3.01. The van der Waals surface area contributed by atoms with E-state index in [0.29, 0.717) is 4.70 Å². The average Bonchev–Trinajstić information content (AvgIpc) is 2.61. The molecule has 0 N–H and O–H groups in total. The van der Waals surface area contributed by atoms with Gasteiger partial charge in [-0.1, -0.05) is 0 Å². The summed E-state index contributed by atoms with van der Waals surface area (Å²) in [6, 6.07) is 4.10. The van der Waals surface area contributed by atoms with Crippen LogP contribution >= 0.6 is 11.3 Å². The summed E-state index contributed by atoms with van der Waals surface area (Å²) in [6.07, 6.45) is -4.34. The highest BCUT2D eigenvalue weighted by atomic mass is 32.1. The van der Waals surface area contributed by atoms with Crippen molar-refractivity contribution in [3.05, 3.63) is 29.1 Å². The predicted octanol–water partition coefficient (Wildman–Crippen LogP) is 3.93. The molecule has 1 nitrogen and oxygen atoms in total. The molecule has 0 saturated heterocycles. The zero-order chi connectivity index (χ0) is 11.1. The molecule has 5 heteroatoms. The Balaban J connectivity index is 2.74. The summed E-state index contributed by atoms with van der Waals surface area (Å²) < 4.78 is 43.4. The minimum Gasteiger partial charge on any atom is -0.497 e. The number of methoxy groups -OCH3 is 1. The zero-order valence-electron chi connectivity index (χ0n) is 7.76. The zero-order valence-corrected chi connectivity index (χ0v) is 8.58. The second kappa shape index (κ2) is 3.41. The van der Waals surface area contributed by atoms with Gasteiger partial charge in [0.25, 0.3) is 0 Å². The van der Waals surface area contributed by atoms with Crippen LogP contribution in [0.15, 0.2) is 23.6 Å². The van der Waals surface area contributed by atoms with Gasteiger partial charge < -0.3 is 4.74 Å². The number of fused-ring (bicyclic) bond motifs is 1. The minimum absolute atomic E-state index is 0.230. The van der Waals surface area contributed by atoms with Crippen molar-refractivity contribution in [2.45, 2.75) is 6.18 Å². The lowest BCUT2D eigenvalue weighted by Gasteiger charge is -2.10. The molecule has 1 heterocycles. The first-order valence-electron chi connectivity index (χ1n) is 4.15. The van der Waals surface area contributed by atoms with E-state index >= 15 is 0 Å². The summed E-state index contributed by atoms with van der Waals surface area (Å²) in [5.74, 6) is 0.234. The number of hydrogen-bond donors (Lipinski definition) is 0. The first-order valence-corrected chi connectivity index (χ1v) is 5.03. The number of thiophene rings is 1. The Morgan fingerprint density at radius 1 is 1.27 bits per heavy atom. The molecule has 0 saturated carbocycles. The van der Waals surface area contributed by atoms with Gasteiger partial charge in [-0.15, -0.1) is 11.3 Å². The molecule has 2 rings (SSSR count). The number of ether oxygens (including phenoxy) is 1. The molecule has 2 aromatic rings. The highest BCUT2D eigenvalue weighted by Crippen LogP contribution is 2.39. The normalized spacial score (nSPS) is 12.0. The van der Waals surface area contributed by atoms with Crippen LogP contribution in [0.4, 0.5) is 13.2 Å². The molecule has 1 aromatic heterocycles. The second-order valence-corrected chi connectivity index (χ2v) is 3.95. The number of alkyl halides is 3. The van der Waals surface area contributed by atoms with Crippen LogP contribution in [0.2, 0.25) is 0 Å². The fraction of sp³-hybridized carbons (Fsp3) is 0.200. The molecular formula is C10H7F3OS. The van der Waals surface area contributed by atoms with Crippen molar-refractivity contribution in [2.75, 3.05) is 7.11 Å². The molecule has 0 aliphatic heterocycles. The fourth-order valence-corrected chi connectivity index (χ4v) is 2.24. The van der Waals surface area contributed by atoms with E-state index in [1.54, 1.807) is 11.4 Å². The average molecular weight is 232 g/mol.